The summed E-state index contributed by atoms with van der Waals surface area (Å²) in [4.78, 5) is 2.34. The zero-order valence-electron chi connectivity index (χ0n) is 11.5. The molecular weight excluding hydrogens is 304 g/mol. The van der Waals surface area contributed by atoms with Gasteiger partial charge in [0.1, 0.15) is 0 Å². The summed E-state index contributed by atoms with van der Waals surface area (Å²) < 4.78 is 1.06. The van der Waals surface area contributed by atoms with Gasteiger partial charge in [0.05, 0.1) is 12.6 Å². The van der Waals surface area contributed by atoms with Crippen LogP contribution in [0.3, 0.4) is 0 Å². The molecule has 0 spiro atoms. The summed E-state index contributed by atoms with van der Waals surface area (Å²) in [6.07, 6.45) is 4.68. The molecule has 106 valence electrons. The highest BCUT2D eigenvalue weighted by atomic mass is 79.9. The Kier molecular flexibility index (Phi) is 5.25. The van der Waals surface area contributed by atoms with Gasteiger partial charge in [-0.1, -0.05) is 34.8 Å². The molecule has 1 aliphatic rings. The molecule has 3 N–H and O–H groups in total. The molecule has 0 bridgehead atoms. The summed E-state index contributed by atoms with van der Waals surface area (Å²) in [5, 5.41) is 9.66. The van der Waals surface area contributed by atoms with Crippen LogP contribution in [-0.4, -0.2) is 24.3 Å². The van der Waals surface area contributed by atoms with Crippen LogP contribution in [0.1, 0.15) is 44.2 Å². The molecule has 1 saturated heterocycles. The van der Waals surface area contributed by atoms with E-state index in [0.29, 0.717) is 0 Å². The van der Waals surface area contributed by atoms with E-state index in [-0.39, 0.29) is 18.7 Å². The highest BCUT2D eigenvalue weighted by Gasteiger charge is 2.23. The first-order valence-electron chi connectivity index (χ1n) is 7.06. The number of halogens is 1. The molecule has 1 heterocycles. The first kappa shape index (κ1) is 14.8. The third-order valence-corrected chi connectivity index (χ3v) is 4.37. The fourth-order valence-electron chi connectivity index (χ4n) is 2.83. The lowest BCUT2D eigenvalue weighted by molar-refractivity contribution is 0.255. The minimum atomic E-state index is 0.00527. The van der Waals surface area contributed by atoms with Gasteiger partial charge in [0.2, 0.25) is 0 Å². The van der Waals surface area contributed by atoms with Gasteiger partial charge < -0.3 is 15.7 Å². The van der Waals surface area contributed by atoms with E-state index in [0.717, 1.165) is 23.0 Å². The molecular formula is C15H23BrN2O. The Morgan fingerprint density at radius 1 is 1.42 bits per heavy atom. The molecule has 19 heavy (non-hydrogen) atoms. The molecule has 0 radical (unpaired) electrons. The van der Waals surface area contributed by atoms with Crippen molar-refractivity contribution in [2.24, 2.45) is 5.73 Å². The van der Waals surface area contributed by atoms with E-state index >= 15 is 0 Å². The van der Waals surface area contributed by atoms with Crippen LogP contribution in [0.4, 0.5) is 5.69 Å². The maximum atomic E-state index is 9.66. The first-order chi connectivity index (χ1) is 9.13. The molecule has 2 rings (SSSR count). The fourth-order valence-corrected chi connectivity index (χ4v) is 3.18. The SMILES string of the molecule is CC(N)c1ccc(Br)cc1N1CCCCCC1CO. The molecule has 0 saturated carbocycles. The highest BCUT2D eigenvalue weighted by molar-refractivity contribution is 9.10. The van der Waals surface area contributed by atoms with Gasteiger partial charge in [0, 0.05) is 22.7 Å². The lowest BCUT2D eigenvalue weighted by Crippen LogP contribution is -2.38. The first-order valence-corrected chi connectivity index (χ1v) is 7.85. The Morgan fingerprint density at radius 2 is 2.21 bits per heavy atom. The van der Waals surface area contributed by atoms with Crippen LogP contribution in [0.5, 0.6) is 0 Å². The van der Waals surface area contributed by atoms with E-state index in [9.17, 15) is 5.11 Å². The molecule has 3 nitrogen and oxygen atoms in total. The summed E-state index contributed by atoms with van der Waals surface area (Å²) >= 11 is 3.54. The van der Waals surface area contributed by atoms with Crippen molar-refractivity contribution in [2.75, 3.05) is 18.1 Å². The second-order valence-corrected chi connectivity index (χ2v) is 6.29. The summed E-state index contributed by atoms with van der Waals surface area (Å²) in [6.45, 7) is 3.23. The van der Waals surface area contributed by atoms with Crippen LogP contribution in [0.2, 0.25) is 0 Å². The third kappa shape index (κ3) is 3.50. The maximum absolute atomic E-state index is 9.66. The molecule has 2 unspecified atom stereocenters. The van der Waals surface area contributed by atoms with Crippen LogP contribution >= 0.6 is 15.9 Å². The van der Waals surface area contributed by atoms with Gasteiger partial charge in [-0.2, -0.15) is 0 Å². The molecule has 1 aromatic carbocycles. The van der Waals surface area contributed by atoms with Crippen molar-refractivity contribution in [1.29, 1.82) is 0 Å². The Balaban J connectivity index is 2.39. The summed E-state index contributed by atoms with van der Waals surface area (Å²) in [5.74, 6) is 0. The normalized spacial score (nSPS) is 22.1. The predicted octanol–water partition coefficient (Wildman–Crippen LogP) is 3.21. The summed E-state index contributed by atoms with van der Waals surface area (Å²) in [7, 11) is 0. The van der Waals surface area contributed by atoms with Crippen molar-refractivity contribution in [3.05, 3.63) is 28.2 Å². The molecule has 1 fully saturated rings. The van der Waals surface area contributed by atoms with Crippen LogP contribution in [0.15, 0.2) is 22.7 Å². The predicted molar refractivity (Wildman–Crippen MR) is 83.4 cm³/mol. The minimum absolute atomic E-state index is 0.00527. The van der Waals surface area contributed by atoms with Crippen LogP contribution in [0.25, 0.3) is 0 Å². The number of rotatable bonds is 3. The Hall–Kier alpha value is -0.580. The van der Waals surface area contributed by atoms with E-state index in [4.69, 9.17) is 5.73 Å². The highest BCUT2D eigenvalue weighted by Crippen LogP contribution is 2.32. The number of aliphatic hydroxyl groups excluding tert-OH is 1. The molecule has 2 atom stereocenters. The number of hydrogen-bond acceptors (Lipinski definition) is 3. The largest absolute Gasteiger partial charge is 0.394 e. The monoisotopic (exact) mass is 326 g/mol. The number of hydrogen-bond donors (Lipinski definition) is 2. The molecule has 1 aliphatic heterocycles. The van der Waals surface area contributed by atoms with E-state index in [2.05, 4.69) is 33.0 Å². The van der Waals surface area contributed by atoms with Crippen LogP contribution < -0.4 is 10.6 Å². The van der Waals surface area contributed by atoms with Gasteiger partial charge in [0.15, 0.2) is 0 Å². The van der Waals surface area contributed by atoms with Crippen molar-refractivity contribution >= 4 is 21.6 Å². The Bertz CT molecular complexity index is 423. The van der Waals surface area contributed by atoms with E-state index < -0.39 is 0 Å². The number of aliphatic hydroxyl groups is 1. The van der Waals surface area contributed by atoms with Gasteiger partial charge in [-0.3, -0.25) is 0 Å². The number of nitrogens with zero attached hydrogens (tertiary/aromatic N) is 1. The Morgan fingerprint density at radius 3 is 2.89 bits per heavy atom. The quantitative estimate of drug-likeness (QED) is 0.896. The summed E-state index contributed by atoms with van der Waals surface area (Å²) in [5.41, 5.74) is 8.42. The molecule has 4 heteroatoms. The number of anilines is 1. The second-order valence-electron chi connectivity index (χ2n) is 5.37. The average molecular weight is 327 g/mol. The van der Waals surface area contributed by atoms with Gasteiger partial charge >= 0.3 is 0 Å². The van der Waals surface area contributed by atoms with Gasteiger partial charge in [-0.15, -0.1) is 0 Å². The van der Waals surface area contributed by atoms with Gasteiger partial charge in [-0.05, 0) is 37.5 Å². The summed E-state index contributed by atoms with van der Waals surface area (Å²) in [6, 6.07) is 6.48. The average Bonchev–Trinajstić information content (AvgIpc) is 2.63. The molecule has 0 aliphatic carbocycles. The van der Waals surface area contributed by atoms with Crippen LogP contribution in [0, 0.1) is 0 Å². The van der Waals surface area contributed by atoms with Crippen molar-refractivity contribution in [3.63, 3.8) is 0 Å². The zero-order chi connectivity index (χ0) is 13.8. The van der Waals surface area contributed by atoms with Crippen molar-refractivity contribution in [2.45, 2.75) is 44.7 Å². The lowest BCUT2D eigenvalue weighted by atomic mass is 10.0. The zero-order valence-corrected chi connectivity index (χ0v) is 13.1. The van der Waals surface area contributed by atoms with Gasteiger partial charge in [0.25, 0.3) is 0 Å². The van der Waals surface area contributed by atoms with Crippen LogP contribution in [-0.2, 0) is 0 Å². The minimum Gasteiger partial charge on any atom is -0.394 e. The topological polar surface area (TPSA) is 49.5 Å². The second kappa shape index (κ2) is 6.73. The van der Waals surface area contributed by atoms with Crippen molar-refractivity contribution < 1.29 is 5.11 Å². The van der Waals surface area contributed by atoms with E-state index in [1.54, 1.807) is 0 Å². The van der Waals surface area contributed by atoms with Crippen molar-refractivity contribution in [1.82, 2.24) is 0 Å². The van der Waals surface area contributed by atoms with E-state index in [1.165, 1.54) is 24.9 Å². The molecule has 0 aromatic heterocycles. The smallest absolute Gasteiger partial charge is 0.0635 e. The number of benzene rings is 1. The van der Waals surface area contributed by atoms with E-state index in [1.807, 2.05) is 13.0 Å². The lowest BCUT2D eigenvalue weighted by Gasteiger charge is -2.33. The standard InChI is InChI=1S/C15H23BrN2O/c1-11(17)14-7-6-12(16)9-15(14)18-8-4-2-3-5-13(18)10-19/h6-7,9,11,13,19H,2-5,8,10,17H2,1H3. The van der Waals surface area contributed by atoms with Crippen molar-refractivity contribution in [3.8, 4) is 0 Å². The van der Waals surface area contributed by atoms with Gasteiger partial charge in [-0.25, -0.2) is 0 Å². The molecule has 1 aromatic rings. The number of nitrogens with two attached hydrogens (primary N) is 1. The Labute approximate surface area is 123 Å². The molecule has 0 amide bonds. The third-order valence-electron chi connectivity index (χ3n) is 3.88. The fraction of sp³-hybridized carbons (Fsp3) is 0.600. The maximum Gasteiger partial charge on any atom is 0.0635 e.